The summed E-state index contributed by atoms with van der Waals surface area (Å²) in [6.45, 7) is 4.69. The number of rotatable bonds is 7. The maximum Gasteiger partial charge on any atom is 0.341 e. The van der Waals surface area contributed by atoms with Gasteiger partial charge in [0.2, 0.25) is 0 Å². The molecule has 0 heterocycles. The molecule has 1 rings (SSSR count). The second-order valence-electron chi connectivity index (χ2n) is 4.53. The van der Waals surface area contributed by atoms with E-state index >= 15 is 0 Å². The number of benzene rings is 1. The molecule has 3 heteroatoms. The van der Waals surface area contributed by atoms with Crippen LogP contribution in [0.2, 0.25) is 0 Å². The van der Waals surface area contributed by atoms with E-state index in [1.165, 1.54) is 6.07 Å². The standard InChI is InChI=1S/C15H22O3/c1-3-5-8-12(4-2)11-18-15(17)13-9-6-7-10-14(13)16/h6-7,9-10,12,16H,3-5,8,11H2,1-2H3/t12-/m1/s1. The number of para-hydroxylation sites is 1. The quantitative estimate of drug-likeness (QED) is 0.749. The highest BCUT2D eigenvalue weighted by Gasteiger charge is 2.14. The van der Waals surface area contributed by atoms with E-state index in [-0.39, 0.29) is 11.3 Å². The molecule has 1 aromatic carbocycles. The van der Waals surface area contributed by atoms with E-state index in [1.54, 1.807) is 18.2 Å². The number of unbranched alkanes of at least 4 members (excludes halogenated alkanes) is 1. The lowest BCUT2D eigenvalue weighted by molar-refractivity contribution is 0.0425. The Hall–Kier alpha value is -1.51. The number of hydrogen-bond acceptors (Lipinski definition) is 3. The van der Waals surface area contributed by atoms with Gasteiger partial charge in [-0.15, -0.1) is 0 Å². The summed E-state index contributed by atoms with van der Waals surface area (Å²) in [5.41, 5.74) is 0.239. The molecule has 0 bridgehead atoms. The highest BCUT2D eigenvalue weighted by Crippen LogP contribution is 2.18. The number of hydrogen-bond donors (Lipinski definition) is 1. The van der Waals surface area contributed by atoms with Gasteiger partial charge in [0.25, 0.3) is 0 Å². The monoisotopic (exact) mass is 250 g/mol. The smallest absolute Gasteiger partial charge is 0.341 e. The number of aromatic hydroxyl groups is 1. The van der Waals surface area contributed by atoms with E-state index in [4.69, 9.17) is 4.74 Å². The Balaban J connectivity index is 2.47. The van der Waals surface area contributed by atoms with Gasteiger partial charge in [0.1, 0.15) is 11.3 Å². The van der Waals surface area contributed by atoms with Crippen molar-refractivity contribution in [3.8, 4) is 5.75 Å². The second-order valence-corrected chi connectivity index (χ2v) is 4.53. The Morgan fingerprint density at radius 3 is 2.67 bits per heavy atom. The third-order valence-electron chi connectivity index (χ3n) is 3.12. The molecule has 100 valence electrons. The summed E-state index contributed by atoms with van der Waals surface area (Å²) in [5, 5.41) is 9.54. The van der Waals surface area contributed by atoms with E-state index in [2.05, 4.69) is 13.8 Å². The Bertz CT molecular complexity index is 374. The number of ether oxygens (including phenoxy) is 1. The zero-order valence-corrected chi connectivity index (χ0v) is 11.2. The molecule has 0 saturated heterocycles. The molecule has 3 nitrogen and oxygen atoms in total. The zero-order chi connectivity index (χ0) is 13.4. The maximum absolute atomic E-state index is 11.8. The molecule has 0 aliphatic carbocycles. The fourth-order valence-corrected chi connectivity index (χ4v) is 1.82. The first kappa shape index (κ1) is 14.6. The SMILES string of the molecule is CCCC[C@@H](CC)COC(=O)c1ccccc1O. The van der Waals surface area contributed by atoms with Gasteiger partial charge in [-0.3, -0.25) is 0 Å². The lowest BCUT2D eigenvalue weighted by Gasteiger charge is -2.14. The minimum absolute atomic E-state index is 0.0240. The van der Waals surface area contributed by atoms with Crippen LogP contribution < -0.4 is 0 Å². The molecule has 0 aliphatic rings. The van der Waals surface area contributed by atoms with Crippen LogP contribution in [-0.4, -0.2) is 17.7 Å². The molecule has 0 spiro atoms. The summed E-state index contributed by atoms with van der Waals surface area (Å²) < 4.78 is 5.26. The lowest BCUT2D eigenvalue weighted by Crippen LogP contribution is -2.14. The van der Waals surface area contributed by atoms with Gasteiger partial charge in [-0.1, -0.05) is 45.2 Å². The van der Waals surface area contributed by atoms with Crippen LogP contribution in [0, 0.1) is 5.92 Å². The molecule has 0 aromatic heterocycles. The normalized spacial score (nSPS) is 12.1. The van der Waals surface area contributed by atoms with E-state index in [0.717, 1.165) is 25.7 Å². The molecular formula is C15H22O3. The second kappa shape index (κ2) is 7.75. The number of phenols is 1. The van der Waals surface area contributed by atoms with Gasteiger partial charge in [0.05, 0.1) is 6.61 Å². The van der Waals surface area contributed by atoms with Crippen LogP contribution >= 0.6 is 0 Å². The van der Waals surface area contributed by atoms with Crippen LogP contribution in [0.15, 0.2) is 24.3 Å². The van der Waals surface area contributed by atoms with E-state index in [0.29, 0.717) is 12.5 Å². The summed E-state index contributed by atoms with van der Waals surface area (Å²) in [6, 6.07) is 6.46. The summed E-state index contributed by atoms with van der Waals surface area (Å²) in [6.07, 6.45) is 4.41. The fourth-order valence-electron chi connectivity index (χ4n) is 1.82. The number of esters is 1. The largest absolute Gasteiger partial charge is 0.507 e. The predicted molar refractivity (Wildman–Crippen MR) is 71.7 cm³/mol. The summed E-state index contributed by atoms with van der Waals surface area (Å²) in [5.74, 6) is -0.0492. The lowest BCUT2D eigenvalue weighted by atomic mass is 10.0. The van der Waals surface area contributed by atoms with Crippen molar-refractivity contribution in [2.24, 2.45) is 5.92 Å². The Morgan fingerprint density at radius 2 is 2.06 bits per heavy atom. The molecule has 1 atom stereocenters. The van der Waals surface area contributed by atoms with Crippen molar-refractivity contribution >= 4 is 5.97 Å². The van der Waals surface area contributed by atoms with Crippen molar-refractivity contribution in [3.05, 3.63) is 29.8 Å². The average Bonchev–Trinajstić information content (AvgIpc) is 2.39. The molecule has 18 heavy (non-hydrogen) atoms. The molecule has 1 aromatic rings. The average molecular weight is 250 g/mol. The molecule has 0 unspecified atom stereocenters. The van der Waals surface area contributed by atoms with Crippen molar-refractivity contribution in [2.75, 3.05) is 6.61 Å². The third-order valence-corrected chi connectivity index (χ3v) is 3.12. The van der Waals surface area contributed by atoms with Crippen LogP contribution in [0.1, 0.15) is 49.9 Å². The molecule has 0 amide bonds. The molecule has 0 fully saturated rings. The van der Waals surface area contributed by atoms with Crippen molar-refractivity contribution < 1.29 is 14.6 Å². The third kappa shape index (κ3) is 4.40. The highest BCUT2D eigenvalue weighted by molar-refractivity contribution is 5.92. The summed E-state index contributed by atoms with van der Waals surface area (Å²) in [4.78, 5) is 11.8. The van der Waals surface area contributed by atoms with Gasteiger partial charge in [0.15, 0.2) is 0 Å². The number of carbonyl (C=O) groups is 1. The Morgan fingerprint density at radius 1 is 1.33 bits per heavy atom. The van der Waals surface area contributed by atoms with E-state index in [9.17, 15) is 9.90 Å². The summed E-state index contributed by atoms with van der Waals surface area (Å²) >= 11 is 0. The number of phenolic OH excluding ortho intramolecular Hbond substituents is 1. The minimum Gasteiger partial charge on any atom is -0.507 e. The topological polar surface area (TPSA) is 46.5 Å². The van der Waals surface area contributed by atoms with Gasteiger partial charge in [-0.05, 0) is 24.5 Å². The van der Waals surface area contributed by atoms with Crippen molar-refractivity contribution in [3.63, 3.8) is 0 Å². The van der Waals surface area contributed by atoms with Gasteiger partial charge in [0, 0.05) is 0 Å². The van der Waals surface area contributed by atoms with Gasteiger partial charge >= 0.3 is 5.97 Å². The zero-order valence-electron chi connectivity index (χ0n) is 11.2. The molecule has 0 saturated carbocycles. The highest BCUT2D eigenvalue weighted by atomic mass is 16.5. The van der Waals surface area contributed by atoms with Crippen LogP contribution in [0.5, 0.6) is 5.75 Å². The molecule has 0 radical (unpaired) electrons. The van der Waals surface area contributed by atoms with Crippen molar-refractivity contribution in [1.29, 1.82) is 0 Å². The van der Waals surface area contributed by atoms with Crippen molar-refractivity contribution in [1.82, 2.24) is 0 Å². The Kier molecular flexibility index (Phi) is 6.26. The molecular weight excluding hydrogens is 228 g/mol. The van der Waals surface area contributed by atoms with Crippen LogP contribution in [0.4, 0.5) is 0 Å². The Labute approximate surface area is 109 Å². The van der Waals surface area contributed by atoms with Crippen LogP contribution in [-0.2, 0) is 4.74 Å². The van der Waals surface area contributed by atoms with E-state index < -0.39 is 5.97 Å². The first-order valence-electron chi connectivity index (χ1n) is 6.64. The minimum atomic E-state index is -0.442. The fraction of sp³-hybridized carbons (Fsp3) is 0.533. The predicted octanol–water partition coefficient (Wildman–Crippen LogP) is 3.77. The van der Waals surface area contributed by atoms with Crippen LogP contribution in [0.3, 0.4) is 0 Å². The van der Waals surface area contributed by atoms with Gasteiger partial charge in [-0.25, -0.2) is 4.79 Å². The first-order valence-corrected chi connectivity index (χ1v) is 6.64. The maximum atomic E-state index is 11.8. The summed E-state index contributed by atoms with van der Waals surface area (Å²) in [7, 11) is 0. The molecule has 0 aliphatic heterocycles. The van der Waals surface area contributed by atoms with Gasteiger partial charge < -0.3 is 9.84 Å². The van der Waals surface area contributed by atoms with Crippen LogP contribution in [0.25, 0.3) is 0 Å². The molecule has 1 N–H and O–H groups in total. The van der Waals surface area contributed by atoms with Gasteiger partial charge in [-0.2, -0.15) is 0 Å². The van der Waals surface area contributed by atoms with Crippen molar-refractivity contribution in [2.45, 2.75) is 39.5 Å². The first-order chi connectivity index (χ1) is 8.69. The van der Waals surface area contributed by atoms with E-state index in [1.807, 2.05) is 0 Å². The number of carbonyl (C=O) groups excluding carboxylic acids is 1.